The number of thiophene rings is 1. The first-order valence-electron chi connectivity index (χ1n) is 7.97. The molecule has 128 valence electrons. The molecule has 2 aromatic heterocycles. The van der Waals surface area contributed by atoms with Crippen LogP contribution >= 0.6 is 11.3 Å². The van der Waals surface area contributed by atoms with Crippen molar-refractivity contribution in [3.63, 3.8) is 0 Å². The van der Waals surface area contributed by atoms with Gasteiger partial charge in [0.2, 0.25) is 5.91 Å². The summed E-state index contributed by atoms with van der Waals surface area (Å²) in [5, 5.41) is 9.36. The molecule has 3 rings (SSSR count). The van der Waals surface area contributed by atoms with Crippen LogP contribution in [0.25, 0.3) is 0 Å². The summed E-state index contributed by atoms with van der Waals surface area (Å²) < 4.78 is 1.90. The van der Waals surface area contributed by atoms with Crippen LogP contribution in [0.15, 0.2) is 29.9 Å². The van der Waals surface area contributed by atoms with Crippen LogP contribution in [0.4, 0.5) is 5.00 Å². The molecule has 24 heavy (non-hydrogen) atoms. The lowest BCUT2D eigenvalue weighted by Gasteiger charge is -2.29. The molecule has 7 nitrogen and oxygen atoms in total. The highest BCUT2D eigenvalue weighted by atomic mass is 32.1. The Hall–Kier alpha value is -2.19. The highest BCUT2D eigenvalue weighted by Crippen LogP contribution is 2.25. The standard InChI is InChI=1S/C16H21N5O2S/c1-11(15(23)19-16-13(14(17)22)5-9-24-16)21-8-2-4-12(21)10-20-7-3-6-18-20/h3,5-7,9,11-12H,2,4,8,10H2,1H3,(H2,17,22)(H,19,23)/t11-,12+/m1/s1. The van der Waals surface area contributed by atoms with Crippen LogP contribution in [0, 0.1) is 0 Å². The molecule has 1 saturated heterocycles. The average Bonchev–Trinajstić information content (AvgIpc) is 3.28. The zero-order valence-electron chi connectivity index (χ0n) is 13.5. The van der Waals surface area contributed by atoms with Gasteiger partial charge in [0, 0.05) is 18.4 Å². The largest absolute Gasteiger partial charge is 0.366 e. The van der Waals surface area contributed by atoms with E-state index in [2.05, 4.69) is 15.3 Å². The van der Waals surface area contributed by atoms with Gasteiger partial charge in [0.15, 0.2) is 0 Å². The van der Waals surface area contributed by atoms with Crippen LogP contribution in [0.2, 0.25) is 0 Å². The number of hydrogen-bond donors (Lipinski definition) is 2. The fourth-order valence-electron chi connectivity index (χ4n) is 3.16. The van der Waals surface area contributed by atoms with E-state index in [0.717, 1.165) is 25.9 Å². The minimum Gasteiger partial charge on any atom is -0.366 e. The normalized spacial score (nSPS) is 19.3. The topological polar surface area (TPSA) is 93.2 Å². The zero-order valence-corrected chi connectivity index (χ0v) is 14.3. The molecule has 1 aliphatic rings. The predicted octanol–water partition coefficient (Wildman–Crippen LogP) is 1.54. The van der Waals surface area contributed by atoms with E-state index < -0.39 is 5.91 Å². The first kappa shape index (κ1) is 16.7. The lowest BCUT2D eigenvalue weighted by atomic mass is 10.2. The van der Waals surface area contributed by atoms with E-state index >= 15 is 0 Å². The number of hydrogen-bond acceptors (Lipinski definition) is 5. The summed E-state index contributed by atoms with van der Waals surface area (Å²) in [6, 6.07) is 3.53. The van der Waals surface area contributed by atoms with Gasteiger partial charge < -0.3 is 11.1 Å². The Bertz CT molecular complexity index is 712. The number of nitrogens with zero attached hydrogens (tertiary/aromatic N) is 3. The van der Waals surface area contributed by atoms with Crippen molar-refractivity contribution in [1.29, 1.82) is 0 Å². The summed E-state index contributed by atoms with van der Waals surface area (Å²) in [4.78, 5) is 26.2. The number of amides is 2. The van der Waals surface area contributed by atoms with Crippen molar-refractivity contribution in [2.45, 2.75) is 38.4 Å². The molecule has 1 aliphatic heterocycles. The Morgan fingerprint density at radius 1 is 1.54 bits per heavy atom. The van der Waals surface area contributed by atoms with Gasteiger partial charge in [0.05, 0.1) is 18.2 Å². The van der Waals surface area contributed by atoms with Crippen molar-refractivity contribution in [2.75, 3.05) is 11.9 Å². The second kappa shape index (κ2) is 7.14. The minimum atomic E-state index is -0.531. The predicted molar refractivity (Wildman–Crippen MR) is 92.9 cm³/mol. The number of aromatic nitrogens is 2. The maximum absolute atomic E-state index is 12.6. The molecule has 0 unspecified atom stereocenters. The molecule has 3 N–H and O–H groups in total. The Morgan fingerprint density at radius 3 is 3.08 bits per heavy atom. The van der Waals surface area contributed by atoms with Gasteiger partial charge in [0.1, 0.15) is 5.00 Å². The van der Waals surface area contributed by atoms with Gasteiger partial charge >= 0.3 is 0 Å². The molecule has 2 atom stereocenters. The third kappa shape index (κ3) is 3.49. The maximum atomic E-state index is 12.6. The van der Waals surface area contributed by atoms with Gasteiger partial charge in [-0.2, -0.15) is 5.10 Å². The fourth-order valence-corrected chi connectivity index (χ4v) is 3.95. The van der Waals surface area contributed by atoms with E-state index in [9.17, 15) is 9.59 Å². The lowest BCUT2D eigenvalue weighted by molar-refractivity contribution is -0.121. The smallest absolute Gasteiger partial charge is 0.251 e. The minimum absolute atomic E-state index is 0.118. The first-order chi connectivity index (χ1) is 11.6. The van der Waals surface area contributed by atoms with Gasteiger partial charge in [-0.1, -0.05) is 0 Å². The highest BCUT2D eigenvalue weighted by molar-refractivity contribution is 7.14. The number of nitrogens with one attached hydrogen (secondary N) is 1. The molecule has 0 saturated carbocycles. The molecule has 0 bridgehead atoms. The molecular formula is C16H21N5O2S. The summed E-state index contributed by atoms with van der Waals surface area (Å²) >= 11 is 1.31. The van der Waals surface area contributed by atoms with Crippen molar-refractivity contribution in [3.05, 3.63) is 35.5 Å². The van der Waals surface area contributed by atoms with Gasteiger partial charge in [-0.25, -0.2) is 0 Å². The molecule has 3 heterocycles. The van der Waals surface area contributed by atoms with E-state index in [-0.39, 0.29) is 18.0 Å². The monoisotopic (exact) mass is 347 g/mol. The molecule has 0 aliphatic carbocycles. The first-order valence-corrected chi connectivity index (χ1v) is 8.85. The quantitative estimate of drug-likeness (QED) is 0.829. The SMILES string of the molecule is C[C@H](C(=O)Nc1sccc1C(N)=O)N1CCC[C@H]1Cn1cccn1. The van der Waals surface area contributed by atoms with E-state index in [1.165, 1.54) is 11.3 Å². The number of primary amides is 1. The molecule has 8 heteroatoms. The number of anilines is 1. The van der Waals surface area contributed by atoms with Gasteiger partial charge in [-0.15, -0.1) is 11.3 Å². The van der Waals surface area contributed by atoms with Crippen molar-refractivity contribution >= 4 is 28.2 Å². The second-order valence-electron chi connectivity index (χ2n) is 5.95. The van der Waals surface area contributed by atoms with Crippen LogP contribution < -0.4 is 11.1 Å². The molecule has 2 amide bonds. The average molecular weight is 347 g/mol. The lowest BCUT2D eigenvalue weighted by Crippen LogP contribution is -2.46. The van der Waals surface area contributed by atoms with Crippen molar-refractivity contribution in [2.24, 2.45) is 5.73 Å². The molecular weight excluding hydrogens is 326 g/mol. The highest BCUT2D eigenvalue weighted by Gasteiger charge is 2.32. The number of nitrogens with two attached hydrogens (primary N) is 1. The second-order valence-corrected chi connectivity index (χ2v) is 6.87. The van der Waals surface area contributed by atoms with Crippen molar-refractivity contribution in [1.82, 2.24) is 14.7 Å². The molecule has 2 aromatic rings. The number of carbonyl (C=O) groups is 2. The number of carbonyl (C=O) groups excluding carboxylic acids is 2. The zero-order chi connectivity index (χ0) is 17.1. The van der Waals surface area contributed by atoms with Gasteiger partial charge in [-0.3, -0.25) is 19.2 Å². The fraction of sp³-hybridized carbons (Fsp3) is 0.438. The molecule has 0 radical (unpaired) electrons. The Balaban J connectivity index is 1.66. The Kier molecular flexibility index (Phi) is 4.96. The summed E-state index contributed by atoms with van der Waals surface area (Å²) in [6.45, 7) is 3.55. The van der Waals surface area contributed by atoms with Crippen LogP contribution in [0.3, 0.4) is 0 Å². The number of rotatable bonds is 6. The van der Waals surface area contributed by atoms with Crippen LogP contribution in [0.5, 0.6) is 0 Å². The summed E-state index contributed by atoms with van der Waals surface area (Å²) in [5.41, 5.74) is 5.68. The molecule has 0 spiro atoms. The van der Waals surface area contributed by atoms with Gasteiger partial charge in [0.25, 0.3) is 5.91 Å². The van der Waals surface area contributed by atoms with Crippen LogP contribution in [0.1, 0.15) is 30.1 Å². The maximum Gasteiger partial charge on any atom is 0.251 e. The number of likely N-dealkylation sites (tertiary alicyclic amines) is 1. The van der Waals surface area contributed by atoms with E-state index in [1.807, 2.05) is 23.9 Å². The van der Waals surface area contributed by atoms with Crippen LogP contribution in [-0.2, 0) is 11.3 Å². The van der Waals surface area contributed by atoms with E-state index in [1.54, 1.807) is 17.6 Å². The van der Waals surface area contributed by atoms with Gasteiger partial charge in [-0.05, 0) is 43.8 Å². The summed E-state index contributed by atoms with van der Waals surface area (Å²) in [5.74, 6) is -0.649. The molecule has 1 fully saturated rings. The van der Waals surface area contributed by atoms with E-state index in [4.69, 9.17) is 5.73 Å². The third-order valence-electron chi connectivity index (χ3n) is 4.42. The van der Waals surface area contributed by atoms with Crippen molar-refractivity contribution in [3.8, 4) is 0 Å². The molecule has 0 aromatic carbocycles. The van der Waals surface area contributed by atoms with Crippen LogP contribution in [-0.4, -0.2) is 45.1 Å². The summed E-state index contributed by atoms with van der Waals surface area (Å²) in [7, 11) is 0. The Labute approximate surface area is 144 Å². The Morgan fingerprint density at radius 2 is 2.38 bits per heavy atom. The van der Waals surface area contributed by atoms with Crippen molar-refractivity contribution < 1.29 is 9.59 Å². The van der Waals surface area contributed by atoms with E-state index in [0.29, 0.717) is 10.6 Å². The summed E-state index contributed by atoms with van der Waals surface area (Å²) in [6.07, 6.45) is 5.81. The third-order valence-corrected chi connectivity index (χ3v) is 5.25.